The van der Waals surface area contributed by atoms with Gasteiger partial charge in [0.2, 0.25) is 0 Å². The normalized spacial score (nSPS) is 32.1. The molecule has 0 aromatic rings. The van der Waals surface area contributed by atoms with E-state index >= 15 is 0 Å². The molecule has 0 aromatic carbocycles. The van der Waals surface area contributed by atoms with Gasteiger partial charge < -0.3 is 10.6 Å². The van der Waals surface area contributed by atoms with Crippen LogP contribution in [0, 0.1) is 5.92 Å². The number of hydrogen-bond acceptors (Lipinski definition) is 1. The Morgan fingerprint density at radius 3 is 2.67 bits per heavy atom. The summed E-state index contributed by atoms with van der Waals surface area (Å²) in [5.41, 5.74) is 0. The molecule has 2 fully saturated rings. The van der Waals surface area contributed by atoms with E-state index in [0.29, 0.717) is 0 Å². The van der Waals surface area contributed by atoms with Gasteiger partial charge in [-0.05, 0) is 12.3 Å². The minimum atomic E-state index is -0.0410. The zero-order valence-corrected chi connectivity index (χ0v) is 9.17. The molecule has 3 nitrogen and oxygen atoms in total. The van der Waals surface area contributed by atoms with Gasteiger partial charge in [0.05, 0.1) is 12.1 Å². The second-order valence-electron chi connectivity index (χ2n) is 4.73. The van der Waals surface area contributed by atoms with Crippen molar-refractivity contribution in [2.45, 2.75) is 50.6 Å². The first-order chi connectivity index (χ1) is 7.29. The van der Waals surface area contributed by atoms with Gasteiger partial charge in [0.15, 0.2) is 0 Å². The molecule has 1 aliphatic carbocycles. The van der Waals surface area contributed by atoms with Gasteiger partial charge in [-0.2, -0.15) is 0 Å². The van der Waals surface area contributed by atoms with Gasteiger partial charge in [0.25, 0.3) is 0 Å². The molecule has 0 radical (unpaired) electrons. The number of carbonyl (C=O) groups excluding carboxylic acids is 1. The van der Waals surface area contributed by atoms with Crippen molar-refractivity contribution in [2.75, 3.05) is 0 Å². The number of amides is 2. The number of rotatable bonds is 3. The predicted molar refractivity (Wildman–Crippen MR) is 60.6 cm³/mol. The van der Waals surface area contributed by atoms with E-state index in [0.717, 1.165) is 12.3 Å². The fourth-order valence-corrected chi connectivity index (χ4v) is 2.76. The van der Waals surface area contributed by atoms with Gasteiger partial charge in [-0.3, -0.25) is 0 Å². The molecular weight excluding hydrogens is 188 g/mol. The van der Waals surface area contributed by atoms with E-state index in [9.17, 15) is 4.79 Å². The Balaban J connectivity index is 1.86. The van der Waals surface area contributed by atoms with E-state index in [-0.39, 0.29) is 18.1 Å². The topological polar surface area (TPSA) is 41.1 Å². The van der Waals surface area contributed by atoms with Crippen LogP contribution in [-0.4, -0.2) is 18.1 Å². The lowest BCUT2D eigenvalue weighted by molar-refractivity contribution is 0.246. The maximum absolute atomic E-state index is 11.2. The Bertz CT molecular complexity index is 246. The number of urea groups is 1. The van der Waals surface area contributed by atoms with Crippen molar-refractivity contribution in [3.8, 4) is 0 Å². The number of carbonyl (C=O) groups is 1. The highest BCUT2D eigenvalue weighted by Gasteiger charge is 2.31. The van der Waals surface area contributed by atoms with Crippen molar-refractivity contribution in [1.82, 2.24) is 10.6 Å². The molecule has 1 unspecified atom stereocenters. The van der Waals surface area contributed by atoms with Gasteiger partial charge >= 0.3 is 6.03 Å². The van der Waals surface area contributed by atoms with Crippen LogP contribution in [0.1, 0.15) is 38.5 Å². The van der Waals surface area contributed by atoms with E-state index in [1.165, 1.54) is 32.1 Å². The smallest absolute Gasteiger partial charge is 0.315 e. The lowest BCUT2D eigenvalue weighted by Gasteiger charge is -2.25. The maximum Gasteiger partial charge on any atom is 0.315 e. The average Bonchev–Trinajstić information content (AvgIpc) is 2.60. The summed E-state index contributed by atoms with van der Waals surface area (Å²) in [6.45, 7) is 3.77. The zero-order valence-electron chi connectivity index (χ0n) is 9.17. The lowest BCUT2D eigenvalue weighted by atomic mass is 9.83. The maximum atomic E-state index is 11.2. The van der Waals surface area contributed by atoms with Crippen molar-refractivity contribution in [1.29, 1.82) is 0 Å². The van der Waals surface area contributed by atoms with E-state index in [2.05, 4.69) is 17.2 Å². The summed E-state index contributed by atoms with van der Waals surface area (Å²) < 4.78 is 0. The molecule has 0 bridgehead atoms. The second kappa shape index (κ2) is 4.69. The summed E-state index contributed by atoms with van der Waals surface area (Å²) in [7, 11) is 0. The van der Waals surface area contributed by atoms with Crippen LogP contribution in [-0.2, 0) is 0 Å². The van der Waals surface area contributed by atoms with Gasteiger partial charge in [0, 0.05) is 0 Å². The Morgan fingerprint density at radius 2 is 2.00 bits per heavy atom. The van der Waals surface area contributed by atoms with Crippen molar-refractivity contribution in [3.63, 3.8) is 0 Å². The molecule has 2 N–H and O–H groups in total. The minimum Gasteiger partial charge on any atom is -0.333 e. The van der Waals surface area contributed by atoms with Gasteiger partial charge in [0.1, 0.15) is 0 Å². The predicted octanol–water partition coefficient (Wildman–Crippen LogP) is 2.19. The third-order valence-corrected chi connectivity index (χ3v) is 3.61. The molecule has 15 heavy (non-hydrogen) atoms. The first kappa shape index (κ1) is 10.5. The first-order valence-electron chi connectivity index (χ1n) is 5.99. The van der Waals surface area contributed by atoms with Gasteiger partial charge in [-0.1, -0.05) is 38.2 Å². The number of hydrogen-bond donors (Lipinski definition) is 2. The van der Waals surface area contributed by atoms with Gasteiger partial charge in [-0.15, -0.1) is 6.58 Å². The highest BCUT2D eigenvalue weighted by atomic mass is 16.2. The summed E-state index contributed by atoms with van der Waals surface area (Å²) >= 11 is 0. The van der Waals surface area contributed by atoms with Gasteiger partial charge in [-0.25, -0.2) is 4.79 Å². The zero-order chi connectivity index (χ0) is 10.7. The summed E-state index contributed by atoms with van der Waals surface area (Å²) in [6, 6.07) is 0.346. The Morgan fingerprint density at radius 1 is 1.27 bits per heavy atom. The van der Waals surface area contributed by atoms with Crippen molar-refractivity contribution < 1.29 is 4.79 Å². The molecule has 2 aliphatic rings. The molecule has 2 rings (SSSR count). The average molecular weight is 208 g/mol. The fourth-order valence-electron chi connectivity index (χ4n) is 2.76. The molecule has 0 spiro atoms. The van der Waals surface area contributed by atoms with Crippen LogP contribution >= 0.6 is 0 Å². The summed E-state index contributed by atoms with van der Waals surface area (Å²) in [4.78, 5) is 11.2. The molecular formula is C12H20N2O. The summed E-state index contributed by atoms with van der Waals surface area (Å²) in [5, 5.41) is 5.86. The van der Waals surface area contributed by atoms with Crippen molar-refractivity contribution in [2.24, 2.45) is 5.92 Å². The minimum absolute atomic E-state index is 0.0410. The molecule has 1 heterocycles. The van der Waals surface area contributed by atoms with Crippen molar-refractivity contribution >= 4 is 6.03 Å². The van der Waals surface area contributed by atoms with Crippen LogP contribution in [0.25, 0.3) is 0 Å². The standard InChI is InChI=1S/C12H20N2O/c1-2-10-11(14-12(15)13-10)8-9-6-4-3-5-7-9/h2,9-11H,1,3-8H2,(H2,13,14,15)/t10?,11-/m0/s1. The highest BCUT2D eigenvalue weighted by Crippen LogP contribution is 2.28. The molecule has 0 aromatic heterocycles. The first-order valence-corrected chi connectivity index (χ1v) is 5.99. The monoisotopic (exact) mass is 208 g/mol. The largest absolute Gasteiger partial charge is 0.333 e. The molecule has 84 valence electrons. The quantitative estimate of drug-likeness (QED) is 0.686. The van der Waals surface area contributed by atoms with E-state index in [1.807, 2.05) is 6.08 Å². The molecule has 1 aliphatic heterocycles. The Kier molecular flexibility index (Phi) is 3.29. The number of nitrogens with one attached hydrogen (secondary N) is 2. The third-order valence-electron chi connectivity index (χ3n) is 3.61. The van der Waals surface area contributed by atoms with E-state index in [4.69, 9.17) is 0 Å². The Hall–Kier alpha value is -0.990. The molecule has 2 atom stereocenters. The SMILES string of the molecule is C=CC1NC(=O)N[C@H]1CC1CCCCC1. The van der Waals surface area contributed by atoms with Crippen LogP contribution < -0.4 is 10.6 Å². The van der Waals surface area contributed by atoms with Crippen LogP contribution in [0.5, 0.6) is 0 Å². The summed E-state index contributed by atoms with van der Waals surface area (Å²) in [6.07, 6.45) is 9.71. The molecule has 1 saturated heterocycles. The summed E-state index contributed by atoms with van der Waals surface area (Å²) in [5.74, 6) is 0.798. The van der Waals surface area contributed by atoms with Crippen molar-refractivity contribution in [3.05, 3.63) is 12.7 Å². The molecule has 1 saturated carbocycles. The molecule has 3 heteroatoms. The molecule has 2 amide bonds. The van der Waals surface area contributed by atoms with E-state index < -0.39 is 0 Å². The lowest BCUT2D eigenvalue weighted by Crippen LogP contribution is -2.34. The van der Waals surface area contributed by atoms with Crippen LogP contribution in [0.3, 0.4) is 0 Å². The fraction of sp³-hybridized carbons (Fsp3) is 0.750. The van der Waals surface area contributed by atoms with Crippen LogP contribution in [0.4, 0.5) is 4.79 Å². The van der Waals surface area contributed by atoms with Crippen LogP contribution in [0.2, 0.25) is 0 Å². The van der Waals surface area contributed by atoms with Crippen LogP contribution in [0.15, 0.2) is 12.7 Å². The Labute approximate surface area is 91.3 Å². The van der Waals surface area contributed by atoms with E-state index in [1.54, 1.807) is 0 Å². The second-order valence-corrected chi connectivity index (χ2v) is 4.73. The highest BCUT2D eigenvalue weighted by molar-refractivity contribution is 5.77. The third kappa shape index (κ3) is 2.52.